The van der Waals surface area contributed by atoms with E-state index < -0.39 is 5.97 Å². The van der Waals surface area contributed by atoms with E-state index in [2.05, 4.69) is 24.0 Å². The summed E-state index contributed by atoms with van der Waals surface area (Å²) in [6.45, 7) is 6.95. The number of rotatable bonds is 12. The third kappa shape index (κ3) is 6.45. The number of carboxylic acid groups (broad SMARTS) is 1. The van der Waals surface area contributed by atoms with Crippen molar-refractivity contribution in [3.05, 3.63) is 58.7 Å². The van der Waals surface area contributed by atoms with E-state index in [4.69, 9.17) is 9.47 Å². The lowest BCUT2D eigenvalue weighted by Crippen LogP contribution is -2.51. The van der Waals surface area contributed by atoms with Gasteiger partial charge in [0.1, 0.15) is 18.1 Å². The lowest BCUT2D eigenvalue weighted by Gasteiger charge is -2.32. The molecule has 2 aliphatic heterocycles. The zero-order chi connectivity index (χ0) is 27.2. The monoisotopic (exact) mass is 523 g/mol. The molecule has 1 saturated heterocycles. The second-order valence-electron chi connectivity index (χ2n) is 10.00. The highest BCUT2D eigenvalue weighted by Gasteiger charge is 2.29. The minimum atomic E-state index is -0.829. The van der Waals surface area contributed by atoms with Gasteiger partial charge in [-0.15, -0.1) is 0 Å². The first kappa shape index (κ1) is 27.4. The molecule has 0 bridgehead atoms. The Kier molecular flexibility index (Phi) is 8.89. The summed E-state index contributed by atoms with van der Waals surface area (Å²) in [6.07, 6.45) is 2.08. The zero-order valence-electron chi connectivity index (χ0n) is 22.4. The lowest BCUT2D eigenvalue weighted by atomic mass is 9.97. The van der Waals surface area contributed by atoms with E-state index in [1.807, 2.05) is 31.2 Å². The maximum atomic E-state index is 12.3. The summed E-state index contributed by atoms with van der Waals surface area (Å²) in [4.78, 5) is 41.2. The Bertz CT molecular complexity index is 1180. The van der Waals surface area contributed by atoms with Gasteiger partial charge < -0.3 is 19.5 Å². The van der Waals surface area contributed by atoms with Crippen LogP contribution in [-0.2, 0) is 22.6 Å². The Morgan fingerprint density at radius 3 is 2.74 bits per heavy atom. The van der Waals surface area contributed by atoms with Gasteiger partial charge in [-0.3, -0.25) is 19.4 Å². The van der Waals surface area contributed by atoms with Gasteiger partial charge in [-0.1, -0.05) is 31.2 Å². The summed E-state index contributed by atoms with van der Waals surface area (Å²) in [6, 6.07) is 11.4. The highest BCUT2D eigenvalue weighted by molar-refractivity contribution is 5.96. The largest absolute Gasteiger partial charge is 0.493 e. The molecule has 9 heteroatoms. The van der Waals surface area contributed by atoms with Crippen molar-refractivity contribution in [1.29, 1.82) is 0 Å². The first-order valence-corrected chi connectivity index (χ1v) is 13.3. The van der Waals surface area contributed by atoms with Crippen molar-refractivity contribution in [3.8, 4) is 11.5 Å². The number of hydrogen-bond donors (Lipinski definition) is 1. The molecule has 1 unspecified atom stereocenters. The summed E-state index contributed by atoms with van der Waals surface area (Å²) in [7, 11) is 1.69. The number of imide groups is 1. The van der Waals surface area contributed by atoms with Gasteiger partial charge in [0.15, 0.2) is 0 Å². The number of fused-ring (bicyclic) bond motifs is 1. The number of carbonyl (C=O) groups excluding carboxylic acids is 2. The minimum Gasteiger partial charge on any atom is -0.493 e. The first-order valence-electron chi connectivity index (χ1n) is 13.3. The predicted molar refractivity (Wildman–Crippen MR) is 142 cm³/mol. The molecule has 1 N–H and O–H groups in total. The zero-order valence-corrected chi connectivity index (χ0v) is 22.4. The number of nitrogens with zero attached hydrogens (tertiary/aromatic N) is 3. The number of urea groups is 1. The predicted octanol–water partition coefficient (Wildman–Crippen LogP) is 4.02. The molecular weight excluding hydrogens is 486 g/mol. The molecule has 2 heterocycles. The van der Waals surface area contributed by atoms with Crippen LogP contribution in [0.4, 0.5) is 4.79 Å². The van der Waals surface area contributed by atoms with Gasteiger partial charge in [-0.25, -0.2) is 4.79 Å². The maximum Gasteiger partial charge on any atom is 0.326 e. The van der Waals surface area contributed by atoms with Crippen LogP contribution in [0.15, 0.2) is 36.4 Å². The summed E-state index contributed by atoms with van der Waals surface area (Å²) in [5.41, 5.74) is 4.13. The van der Waals surface area contributed by atoms with E-state index in [1.54, 1.807) is 7.05 Å². The van der Waals surface area contributed by atoms with Gasteiger partial charge in [0.25, 0.3) is 0 Å². The molecule has 2 aromatic carbocycles. The van der Waals surface area contributed by atoms with E-state index in [0.717, 1.165) is 47.4 Å². The summed E-state index contributed by atoms with van der Waals surface area (Å²) in [5.74, 6) is 0.579. The van der Waals surface area contributed by atoms with Crippen molar-refractivity contribution in [2.75, 3.05) is 39.9 Å². The lowest BCUT2D eigenvalue weighted by molar-refractivity contribution is -0.138. The van der Waals surface area contributed by atoms with Gasteiger partial charge in [0, 0.05) is 39.0 Å². The fourth-order valence-corrected chi connectivity index (χ4v) is 5.15. The van der Waals surface area contributed by atoms with E-state index in [0.29, 0.717) is 31.9 Å². The van der Waals surface area contributed by atoms with Crippen LogP contribution >= 0.6 is 0 Å². The fraction of sp³-hybridized carbons (Fsp3) is 0.483. The quantitative estimate of drug-likeness (QED) is 0.449. The summed E-state index contributed by atoms with van der Waals surface area (Å²) >= 11 is 0. The molecule has 0 saturated carbocycles. The van der Waals surface area contributed by atoms with Gasteiger partial charge in [0.2, 0.25) is 5.91 Å². The second kappa shape index (κ2) is 12.3. The smallest absolute Gasteiger partial charge is 0.326 e. The minimum absolute atomic E-state index is 0.0168. The van der Waals surface area contributed by atoms with Gasteiger partial charge in [-0.2, -0.15) is 0 Å². The van der Waals surface area contributed by atoms with E-state index in [1.165, 1.54) is 9.80 Å². The number of carboxylic acids is 1. The summed E-state index contributed by atoms with van der Waals surface area (Å²) < 4.78 is 11.6. The first-order chi connectivity index (χ1) is 18.3. The summed E-state index contributed by atoms with van der Waals surface area (Å²) in [5, 5.41) is 9.71. The van der Waals surface area contributed by atoms with Crippen molar-refractivity contribution in [3.63, 3.8) is 0 Å². The standard InChI is InChI=1S/C29H37N3O6/c1-4-11-31(24(18-28(34)35)22-6-8-26-23(17-22)10-14-37-26)19-21-5-7-25(20(2)16-21)38-15-13-32-27(33)9-12-30(3)29(32)36/h5-8,16-17,24H,4,9-15,18-19H2,1-3H3,(H,34,35). The van der Waals surface area contributed by atoms with Crippen molar-refractivity contribution in [1.82, 2.24) is 14.7 Å². The molecule has 0 aromatic heterocycles. The molecule has 4 rings (SSSR count). The average Bonchev–Trinajstić information content (AvgIpc) is 3.36. The Balaban J connectivity index is 1.44. The maximum absolute atomic E-state index is 12.3. The molecule has 38 heavy (non-hydrogen) atoms. The van der Waals surface area contributed by atoms with Crippen molar-refractivity contribution in [2.45, 2.75) is 52.1 Å². The van der Waals surface area contributed by atoms with Crippen molar-refractivity contribution >= 4 is 17.9 Å². The Labute approximate surface area is 223 Å². The number of aliphatic carboxylic acids is 1. The topological polar surface area (TPSA) is 99.6 Å². The van der Waals surface area contributed by atoms with Crippen LogP contribution in [0.5, 0.6) is 11.5 Å². The molecule has 0 spiro atoms. The Morgan fingerprint density at radius 2 is 2.00 bits per heavy atom. The van der Waals surface area contributed by atoms with Crippen LogP contribution in [0.25, 0.3) is 0 Å². The third-order valence-electron chi connectivity index (χ3n) is 7.13. The van der Waals surface area contributed by atoms with Crippen molar-refractivity contribution < 1.29 is 29.0 Å². The third-order valence-corrected chi connectivity index (χ3v) is 7.13. The normalized spacial score (nSPS) is 16.0. The molecule has 2 aliphatic rings. The fourth-order valence-electron chi connectivity index (χ4n) is 5.15. The molecule has 2 aromatic rings. The van der Waals surface area contributed by atoms with Crippen LogP contribution < -0.4 is 9.47 Å². The number of benzene rings is 2. The molecule has 3 amide bonds. The second-order valence-corrected chi connectivity index (χ2v) is 10.00. The number of hydrogen-bond acceptors (Lipinski definition) is 6. The van der Waals surface area contributed by atoms with Crippen LogP contribution in [0.3, 0.4) is 0 Å². The van der Waals surface area contributed by atoms with E-state index >= 15 is 0 Å². The molecule has 1 atom stereocenters. The van der Waals surface area contributed by atoms with Crippen LogP contribution in [0.1, 0.15) is 54.5 Å². The average molecular weight is 524 g/mol. The highest BCUT2D eigenvalue weighted by atomic mass is 16.5. The van der Waals surface area contributed by atoms with Crippen molar-refractivity contribution in [2.24, 2.45) is 0 Å². The van der Waals surface area contributed by atoms with Gasteiger partial charge in [0.05, 0.1) is 19.6 Å². The van der Waals surface area contributed by atoms with E-state index in [9.17, 15) is 19.5 Å². The molecule has 1 fully saturated rings. The number of ether oxygens (including phenoxy) is 2. The molecule has 9 nitrogen and oxygen atoms in total. The van der Waals surface area contributed by atoms with Crippen LogP contribution in [0.2, 0.25) is 0 Å². The Hall–Kier alpha value is -3.59. The van der Waals surface area contributed by atoms with Gasteiger partial charge >= 0.3 is 12.0 Å². The number of amides is 3. The van der Waals surface area contributed by atoms with Gasteiger partial charge in [-0.05, 0) is 54.3 Å². The number of carbonyl (C=O) groups is 3. The van der Waals surface area contributed by atoms with Crippen LogP contribution in [-0.4, -0.2) is 77.6 Å². The molecule has 0 radical (unpaired) electrons. The van der Waals surface area contributed by atoms with Crippen LogP contribution in [0, 0.1) is 6.92 Å². The van der Waals surface area contributed by atoms with E-state index in [-0.39, 0.29) is 37.6 Å². The molecule has 0 aliphatic carbocycles. The number of aryl methyl sites for hydroxylation is 1. The molecule has 204 valence electrons. The highest BCUT2D eigenvalue weighted by Crippen LogP contribution is 2.33. The SMILES string of the molecule is CCCN(Cc1ccc(OCCN2C(=O)CCN(C)C2=O)c(C)c1)C(CC(=O)O)c1ccc2c(c1)CCO2. The Morgan fingerprint density at radius 1 is 1.18 bits per heavy atom. The molecular formula is C29H37N3O6.